The highest BCUT2D eigenvalue weighted by Gasteiger charge is 2.08. The first-order chi connectivity index (χ1) is 10.1. The molecule has 0 bridgehead atoms. The van der Waals surface area contributed by atoms with Crippen molar-refractivity contribution in [2.75, 3.05) is 5.32 Å². The molecule has 0 spiro atoms. The predicted molar refractivity (Wildman–Crippen MR) is 77.0 cm³/mol. The summed E-state index contributed by atoms with van der Waals surface area (Å²) in [5.74, 6) is -0.314. The number of carbonyl (C=O) groups excluding carboxylic acids is 1. The zero-order valence-corrected chi connectivity index (χ0v) is 11.1. The molecule has 1 heterocycles. The summed E-state index contributed by atoms with van der Waals surface area (Å²) in [4.78, 5) is 33.4. The minimum Gasteiger partial charge on any atom is -0.326 e. The number of rotatable bonds is 5. The fourth-order valence-electron chi connectivity index (χ4n) is 1.79. The van der Waals surface area contributed by atoms with E-state index in [0.29, 0.717) is 5.69 Å². The molecular weight excluding hydrogens is 274 g/mol. The fraction of sp³-hybridized carbons (Fsp3) is 0.143. The molecule has 1 aromatic heterocycles. The summed E-state index contributed by atoms with van der Waals surface area (Å²) in [5.41, 5.74) is 0.0855. The van der Waals surface area contributed by atoms with Gasteiger partial charge >= 0.3 is 0 Å². The lowest BCUT2D eigenvalue weighted by Gasteiger charge is -2.06. The largest absolute Gasteiger partial charge is 0.326 e. The molecule has 0 aliphatic heterocycles. The van der Waals surface area contributed by atoms with E-state index in [1.807, 2.05) is 0 Å². The number of benzene rings is 1. The number of hydrogen-bond donors (Lipinski definition) is 1. The van der Waals surface area contributed by atoms with Crippen molar-refractivity contribution in [2.45, 2.75) is 13.0 Å². The van der Waals surface area contributed by atoms with Crippen LogP contribution in [0.3, 0.4) is 0 Å². The summed E-state index contributed by atoms with van der Waals surface area (Å²) in [6.07, 6.45) is 1.70. The Morgan fingerprint density at radius 3 is 2.76 bits per heavy atom. The van der Waals surface area contributed by atoms with Gasteiger partial charge in [-0.25, -0.2) is 0 Å². The van der Waals surface area contributed by atoms with Gasteiger partial charge in [0, 0.05) is 43.0 Å². The van der Waals surface area contributed by atoms with Crippen LogP contribution in [0, 0.1) is 10.1 Å². The molecule has 7 heteroatoms. The number of amides is 1. The van der Waals surface area contributed by atoms with Crippen molar-refractivity contribution < 1.29 is 9.72 Å². The second-order valence-electron chi connectivity index (χ2n) is 4.34. The van der Waals surface area contributed by atoms with Gasteiger partial charge in [-0.3, -0.25) is 19.7 Å². The van der Waals surface area contributed by atoms with E-state index in [0.717, 1.165) is 0 Å². The molecule has 0 unspecified atom stereocenters. The average molecular weight is 287 g/mol. The van der Waals surface area contributed by atoms with Crippen LogP contribution < -0.4 is 10.9 Å². The van der Waals surface area contributed by atoms with E-state index < -0.39 is 4.92 Å². The topological polar surface area (TPSA) is 94.2 Å². The number of nitro benzene ring substituents is 1. The Labute approximate surface area is 120 Å². The molecule has 7 nitrogen and oxygen atoms in total. The van der Waals surface area contributed by atoms with Crippen LogP contribution in [0.4, 0.5) is 11.4 Å². The van der Waals surface area contributed by atoms with Crippen molar-refractivity contribution >= 4 is 17.3 Å². The first-order valence-corrected chi connectivity index (χ1v) is 6.26. The molecule has 0 aliphatic carbocycles. The first kappa shape index (κ1) is 14.4. The Hall–Kier alpha value is -2.96. The van der Waals surface area contributed by atoms with Crippen molar-refractivity contribution in [2.24, 2.45) is 0 Å². The molecule has 21 heavy (non-hydrogen) atoms. The number of aryl methyl sites for hydroxylation is 1. The van der Waals surface area contributed by atoms with Gasteiger partial charge in [-0.15, -0.1) is 0 Å². The van der Waals surface area contributed by atoms with E-state index >= 15 is 0 Å². The third kappa shape index (κ3) is 4.00. The monoisotopic (exact) mass is 287 g/mol. The van der Waals surface area contributed by atoms with Crippen LogP contribution in [0.5, 0.6) is 0 Å². The van der Waals surface area contributed by atoms with Crippen molar-refractivity contribution in [3.63, 3.8) is 0 Å². The Bertz CT molecular complexity index is 724. The molecule has 1 amide bonds. The lowest BCUT2D eigenvalue weighted by atomic mass is 10.2. The molecule has 1 aromatic carbocycles. The number of non-ortho nitro benzene ring substituents is 1. The van der Waals surface area contributed by atoms with Gasteiger partial charge in [0.15, 0.2) is 0 Å². The third-order valence-electron chi connectivity index (χ3n) is 2.82. The number of carbonyl (C=O) groups is 1. The Morgan fingerprint density at radius 2 is 2.05 bits per heavy atom. The van der Waals surface area contributed by atoms with Crippen molar-refractivity contribution in [3.8, 4) is 0 Å². The van der Waals surface area contributed by atoms with E-state index in [2.05, 4.69) is 5.32 Å². The maximum Gasteiger partial charge on any atom is 0.271 e. The average Bonchev–Trinajstić information content (AvgIpc) is 2.46. The van der Waals surface area contributed by atoms with E-state index in [1.54, 1.807) is 24.4 Å². The van der Waals surface area contributed by atoms with E-state index in [1.165, 1.54) is 28.8 Å². The zero-order chi connectivity index (χ0) is 15.2. The second kappa shape index (κ2) is 6.47. The van der Waals surface area contributed by atoms with Gasteiger partial charge in [-0.1, -0.05) is 12.1 Å². The van der Waals surface area contributed by atoms with E-state index in [4.69, 9.17) is 0 Å². The molecule has 0 fully saturated rings. The normalized spacial score (nSPS) is 10.1. The molecular formula is C14H13N3O4. The van der Waals surface area contributed by atoms with Crippen LogP contribution >= 0.6 is 0 Å². The zero-order valence-electron chi connectivity index (χ0n) is 11.1. The van der Waals surface area contributed by atoms with Gasteiger partial charge in [-0.05, 0) is 12.1 Å². The summed E-state index contributed by atoms with van der Waals surface area (Å²) in [6.45, 7) is 0.250. The van der Waals surface area contributed by atoms with Crippen LogP contribution in [-0.4, -0.2) is 15.4 Å². The van der Waals surface area contributed by atoms with Crippen molar-refractivity contribution in [1.82, 2.24) is 4.57 Å². The van der Waals surface area contributed by atoms with Crippen LogP contribution in [0.1, 0.15) is 6.42 Å². The van der Waals surface area contributed by atoms with E-state index in [9.17, 15) is 19.7 Å². The quantitative estimate of drug-likeness (QED) is 0.670. The standard InChI is InChI=1S/C14H13N3O4/c18-13(7-9-16-8-2-1-6-14(16)19)15-11-4-3-5-12(10-11)17(20)21/h1-6,8,10H,7,9H2,(H,15,18). The number of hydrogen-bond acceptors (Lipinski definition) is 4. The van der Waals surface area contributed by atoms with Gasteiger partial charge in [0.2, 0.25) is 5.91 Å². The van der Waals surface area contributed by atoms with Crippen LogP contribution in [0.2, 0.25) is 0 Å². The number of nitrogens with one attached hydrogen (secondary N) is 1. The van der Waals surface area contributed by atoms with E-state index in [-0.39, 0.29) is 30.1 Å². The predicted octanol–water partition coefficient (Wildman–Crippen LogP) is 1.79. The molecule has 0 atom stereocenters. The molecule has 2 aromatic rings. The third-order valence-corrected chi connectivity index (χ3v) is 2.82. The van der Waals surface area contributed by atoms with Crippen LogP contribution in [0.25, 0.3) is 0 Å². The highest BCUT2D eigenvalue weighted by atomic mass is 16.6. The van der Waals surface area contributed by atoms with Gasteiger partial charge in [0.1, 0.15) is 0 Å². The number of pyridine rings is 1. The molecule has 2 rings (SSSR count). The molecule has 0 radical (unpaired) electrons. The maximum absolute atomic E-state index is 11.8. The fourth-order valence-corrected chi connectivity index (χ4v) is 1.79. The first-order valence-electron chi connectivity index (χ1n) is 6.26. The molecule has 108 valence electrons. The molecule has 1 N–H and O–H groups in total. The smallest absolute Gasteiger partial charge is 0.271 e. The minimum absolute atomic E-state index is 0.0907. The highest BCUT2D eigenvalue weighted by Crippen LogP contribution is 2.17. The number of nitrogens with zero attached hydrogens (tertiary/aromatic N) is 2. The Balaban J connectivity index is 1.96. The SMILES string of the molecule is O=C(CCn1ccccc1=O)Nc1cccc([N+](=O)[O-])c1. The number of nitro groups is 1. The van der Waals surface area contributed by atoms with Crippen LogP contribution in [-0.2, 0) is 11.3 Å². The van der Waals surface area contributed by atoms with Gasteiger partial charge in [0.05, 0.1) is 4.92 Å². The summed E-state index contributed by atoms with van der Waals surface area (Å²) < 4.78 is 1.42. The number of aromatic nitrogens is 1. The highest BCUT2D eigenvalue weighted by molar-refractivity contribution is 5.90. The maximum atomic E-state index is 11.8. The van der Waals surface area contributed by atoms with Crippen molar-refractivity contribution in [1.29, 1.82) is 0 Å². The van der Waals surface area contributed by atoms with Gasteiger partial charge in [0.25, 0.3) is 11.2 Å². The molecule has 0 aliphatic rings. The molecule has 0 saturated carbocycles. The van der Waals surface area contributed by atoms with Crippen molar-refractivity contribution in [3.05, 3.63) is 69.1 Å². The summed E-state index contributed by atoms with van der Waals surface area (Å²) in [5, 5.41) is 13.2. The molecule has 0 saturated heterocycles. The van der Waals surface area contributed by atoms with Gasteiger partial charge < -0.3 is 9.88 Å². The lowest BCUT2D eigenvalue weighted by Crippen LogP contribution is -2.21. The lowest BCUT2D eigenvalue weighted by molar-refractivity contribution is -0.384. The van der Waals surface area contributed by atoms with Crippen LogP contribution in [0.15, 0.2) is 53.5 Å². The minimum atomic E-state index is -0.529. The van der Waals surface area contributed by atoms with Gasteiger partial charge in [-0.2, -0.15) is 0 Å². The second-order valence-corrected chi connectivity index (χ2v) is 4.34. The number of anilines is 1. The Kier molecular flexibility index (Phi) is 4.45. The summed E-state index contributed by atoms with van der Waals surface area (Å²) in [6, 6.07) is 10.4. The Morgan fingerprint density at radius 1 is 1.24 bits per heavy atom. The summed E-state index contributed by atoms with van der Waals surface area (Å²) in [7, 11) is 0. The summed E-state index contributed by atoms with van der Waals surface area (Å²) >= 11 is 0.